The van der Waals surface area contributed by atoms with Crippen LogP contribution in [0.2, 0.25) is 0 Å². The van der Waals surface area contributed by atoms with Crippen LogP contribution in [0.1, 0.15) is 32.8 Å². The summed E-state index contributed by atoms with van der Waals surface area (Å²) in [4.78, 5) is 24.9. The molecule has 1 aliphatic heterocycles. The minimum Gasteiger partial charge on any atom is -0.443 e. The number of para-hydroxylation sites is 1. The Morgan fingerprint density at radius 1 is 1.32 bits per heavy atom. The highest BCUT2D eigenvalue weighted by atomic mass is 19.4. The summed E-state index contributed by atoms with van der Waals surface area (Å²) in [6.07, 6.45) is -7.93. The number of halogens is 4. The fourth-order valence-electron chi connectivity index (χ4n) is 2.64. The standard InChI is InChI=1S/C16H14F4N2O3/c1-14(2,3)25-13(24)22-11-9(5-4-6-10(11)17)15(7-8-21,12(22)23)16(18,19)20/h4-6H,7H2,1-3H3. The van der Waals surface area contributed by atoms with E-state index in [2.05, 4.69) is 0 Å². The van der Waals surface area contributed by atoms with Crippen LogP contribution < -0.4 is 4.90 Å². The molecule has 0 radical (unpaired) electrons. The molecule has 1 aliphatic rings. The second-order valence-corrected chi connectivity index (χ2v) is 6.49. The van der Waals surface area contributed by atoms with Crippen LogP contribution >= 0.6 is 0 Å². The summed E-state index contributed by atoms with van der Waals surface area (Å²) in [5, 5.41) is 8.85. The number of carbonyl (C=O) groups is 2. The Labute approximate surface area is 140 Å². The second-order valence-electron chi connectivity index (χ2n) is 6.49. The van der Waals surface area contributed by atoms with Crippen molar-refractivity contribution in [2.24, 2.45) is 0 Å². The first kappa shape index (κ1) is 18.7. The topological polar surface area (TPSA) is 70.4 Å². The van der Waals surface area contributed by atoms with Gasteiger partial charge in [0.05, 0.1) is 18.2 Å². The van der Waals surface area contributed by atoms with E-state index in [1.165, 1.54) is 26.8 Å². The van der Waals surface area contributed by atoms with Crippen molar-refractivity contribution in [2.45, 2.75) is 44.4 Å². The quantitative estimate of drug-likeness (QED) is 0.716. The lowest BCUT2D eigenvalue weighted by molar-refractivity contribution is -0.190. The minimum absolute atomic E-state index is 0.0285. The van der Waals surface area contributed by atoms with Crippen molar-refractivity contribution in [1.82, 2.24) is 0 Å². The summed E-state index contributed by atoms with van der Waals surface area (Å²) >= 11 is 0. The fourth-order valence-corrected chi connectivity index (χ4v) is 2.64. The van der Waals surface area contributed by atoms with Gasteiger partial charge in [0.2, 0.25) is 0 Å². The molecule has 0 bridgehead atoms. The Bertz CT molecular complexity index is 777. The fraction of sp³-hybridized carbons (Fsp3) is 0.438. The van der Waals surface area contributed by atoms with E-state index in [1.807, 2.05) is 0 Å². The smallest absolute Gasteiger partial charge is 0.421 e. The predicted octanol–water partition coefficient (Wildman–Crippen LogP) is 3.82. The van der Waals surface area contributed by atoms with E-state index in [4.69, 9.17) is 10.00 Å². The molecule has 0 spiro atoms. The highest BCUT2D eigenvalue weighted by molar-refractivity contribution is 6.21. The molecule has 134 valence electrons. The van der Waals surface area contributed by atoms with Gasteiger partial charge in [-0.25, -0.2) is 14.1 Å². The Morgan fingerprint density at radius 3 is 2.40 bits per heavy atom. The SMILES string of the molecule is CC(C)(C)OC(=O)N1C(=O)C(CC#N)(C(F)(F)F)c2cccc(F)c21. The Balaban J connectivity index is 2.74. The van der Waals surface area contributed by atoms with Gasteiger partial charge in [-0.2, -0.15) is 18.4 Å². The molecular formula is C16H14F4N2O3. The van der Waals surface area contributed by atoms with Crippen LogP contribution in [0.25, 0.3) is 0 Å². The van der Waals surface area contributed by atoms with Gasteiger partial charge >= 0.3 is 12.3 Å². The molecule has 2 rings (SSSR count). The van der Waals surface area contributed by atoms with Crippen LogP contribution in [0, 0.1) is 17.1 Å². The van der Waals surface area contributed by atoms with Crippen LogP contribution in [0.3, 0.4) is 0 Å². The van der Waals surface area contributed by atoms with Crippen molar-refractivity contribution in [2.75, 3.05) is 4.90 Å². The number of ether oxygens (including phenoxy) is 1. The van der Waals surface area contributed by atoms with Gasteiger partial charge in [-0.3, -0.25) is 4.79 Å². The van der Waals surface area contributed by atoms with Gasteiger partial charge in [-0.1, -0.05) is 12.1 Å². The molecule has 0 N–H and O–H groups in total. The largest absolute Gasteiger partial charge is 0.443 e. The molecule has 2 amide bonds. The number of fused-ring (bicyclic) bond motifs is 1. The van der Waals surface area contributed by atoms with Gasteiger partial charge in [0.25, 0.3) is 5.91 Å². The number of nitrogens with zero attached hydrogens (tertiary/aromatic N) is 2. The molecule has 5 nitrogen and oxygen atoms in total. The average Bonchev–Trinajstić information content (AvgIpc) is 2.69. The summed E-state index contributed by atoms with van der Waals surface area (Å²) in [6.45, 7) is 4.33. The van der Waals surface area contributed by atoms with Crippen molar-refractivity contribution in [3.05, 3.63) is 29.6 Å². The average molecular weight is 358 g/mol. The normalized spacial score (nSPS) is 20.2. The zero-order chi connectivity index (χ0) is 19.2. The zero-order valence-electron chi connectivity index (χ0n) is 13.6. The number of benzene rings is 1. The third-order valence-corrected chi connectivity index (χ3v) is 3.64. The van der Waals surface area contributed by atoms with E-state index in [0.717, 1.165) is 18.2 Å². The molecule has 1 unspecified atom stereocenters. The Morgan fingerprint density at radius 2 is 1.92 bits per heavy atom. The van der Waals surface area contributed by atoms with Crippen LogP contribution in [0.15, 0.2) is 18.2 Å². The molecular weight excluding hydrogens is 344 g/mol. The third kappa shape index (κ3) is 2.81. The Hall–Kier alpha value is -2.63. The molecule has 25 heavy (non-hydrogen) atoms. The molecule has 0 aromatic heterocycles. The highest BCUT2D eigenvalue weighted by Crippen LogP contribution is 2.54. The summed E-state index contributed by atoms with van der Waals surface area (Å²) < 4.78 is 60.5. The van der Waals surface area contributed by atoms with E-state index < -0.39 is 52.7 Å². The molecule has 1 heterocycles. The van der Waals surface area contributed by atoms with Crippen LogP contribution in [0.4, 0.5) is 28.0 Å². The summed E-state index contributed by atoms with van der Waals surface area (Å²) in [5.74, 6) is -2.95. The molecule has 1 aromatic rings. The van der Waals surface area contributed by atoms with Gasteiger partial charge in [-0.05, 0) is 26.8 Å². The molecule has 0 aliphatic carbocycles. The lowest BCUT2D eigenvalue weighted by Gasteiger charge is -2.29. The number of imide groups is 1. The van der Waals surface area contributed by atoms with Gasteiger partial charge in [0.1, 0.15) is 11.4 Å². The lowest BCUT2D eigenvalue weighted by Crippen LogP contribution is -2.52. The summed E-state index contributed by atoms with van der Waals surface area (Å²) in [6, 6.07) is 4.00. The van der Waals surface area contributed by atoms with Gasteiger partial charge in [0, 0.05) is 5.56 Å². The maximum atomic E-state index is 14.2. The number of alkyl halides is 3. The number of hydrogen-bond acceptors (Lipinski definition) is 4. The van der Waals surface area contributed by atoms with E-state index in [-0.39, 0.29) is 4.90 Å². The molecule has 0 saturated heterocycles. The number of anilines is 1. The maximum Gasteiger partial charge on any atom is 0.421 e. The van der Waals surface area contributed by atoms with Crippen LogP contribution in [-0.2, 0) is 14.9 Å². The number of amides is 2. The predicted molar refractivity (Wildman–Crippen MR) is 78.1 cm³/mol. The van der Waals surface area contributed by atoms with E-state index in [0.29, 0.717) is 0 Å². The van der Waals surface area contributed by atoms with Crippen LogP contribution in [0.5, 0.6) is 0 Å². The van der Waals surface area contributed by atoms with Crippen molar-refractivity contribution >= 4 is 17.7 Å². The molecule has 1 aromatic carbocycles. The molecule has 0 fully saturated rings. The molecule has 1 atom stereocenters. The van der Waals surface area contributed by atoms with Gasteiger partial charge in [-0.15, -0.1) is 0 Å². The summed E-state index contributed by atoms with van der Waals surface area (Å²) in [7, 11) is 0. The first-order chi connectivity index (χ1) is 11.4. The van der Waals surface area contributed by atoms with Gasteiger partial charge in [0.15, 0.2) is 5.41 Å². The first-order valence-corrected chi connectivity index (χ1v) is 7.17. The maximum absolute atomic E-state index is 14.2. The number of rotatable bonds is 1. The van der Waals surface area contributed by atoms with E-state index >= 15 is 0 Å². The van der Waals surface area contributed by atoms with Crippen molar-refractivity contribution < 1.29 is 31.9 Å². The first-order valence-electron chi connectivity index (χ1n) is 7.17. The number of carbonyl (C=O) groups excluding carboxylic acids is 2. The lowest BCUT2D eigenvalue weighted by atomic mass is 9.78. The van der Waals surface area contributed by atoms with Crippen molar-refractivity contribution in [3.63, 3.8) is 0 Å². The zero-order valence-corrected chi connectivity index (χ0v) is 13.6. The summed E-state index contributed by atoms with van der Waals surface area (Å²) in [5.41, 5.74) is -6.07. The van der Waals surface area contributed by atoms with Crippen molar-refractivity contribution in [1.29, 1.82) is 5.26 Å². The number of nitriles is 1. The third-order valence-electron chi connectivity index (χ3n) is 3.64. The van der Waals surface area contributed by atoms with Gasteiger partial charge < -0.3 is 4.74 Å². The van der Waals surface area contributed by atoms with Crippen LogP contribution in [-0.4, -0.2) is 23.8 Å². The van der Waals surface area contributed by atoms with Crippen molar-refractivity contribution in [3.8, 4) is 6.07 Å². The highest BCUT2D eigenvalue weighted by Gasteiger charge is 2.69. The van der Waals surface area contributed by atoms with E-state index in [1.54, 1.807) is 0 Å². The molecule has 0 saturated carbocycles. The Kier molecular flexibility index (Phi) is 4.28. The second kappa shape index (κ2) is 5.72. The number of hydrogen-bond donors (Lipinski definition) is 0. The minimum atomic E-state index is -5.21. The monoisotopic (exact) mass is 358 g/mol. The molecule has 9 heteroatoms. The van der Waals surface area contributed by atoms with E-state index in [9.17, 15) is 27.2 Å².